The van der Waals surface area contributed by atoms with E-state index in [1.165, 1.54) is 11.0 Å². The predicted molar refractivity (Wildman–Crippen MR) is 136 cm³/mol. The monoisotopic (exact) mass is 518 g/mol. The number of ether oxygens (including phenoxy) is 1. The van der Waals surface area contributed by atoms with E-state index in [4.69, 9.17) is 4.74 Å². The molecular formula is C27H26F4N2O2S. The summed E-state index contributed by atoms with van der Waals surface area (Å²) in [6.07, 6.45) is 2.35. The van der Waals surface area contributed by atoms with Gasteiger partial charge in [0.25, 0.3) is 0 Å². The van der Waals surface area contributed by atoms with Gasteiger partial charge in [-0.05, 0) is 35.6 Å². The predicted octanol–water partition coefficient (Wildman–Crippen LogP) is 7.41. The third-order valence-corrected chi connectivity index (χ3v) is 7.02. The summed E-state index contributed by atoms with van der Waals surface area (Å²) in [5.74, 6) is -6.22. The Balaban J connectivity index is 1.65. The van der Waals surface area contributed by atoms with Crippen molar-refractivity contribution in [3.63, 3.8) is 0 Å². The van der Waals surface area contributed by atoms with Crippen molar-refractivity contribution in [1.29, 1.82) is 0 Å². The minimum absolute atomic E-state index is 0.233. The molecule has 3 aromatic carbocycles. The number of thioether (sulfide) groups is 1. The molecule has 4 nitrogen and oxygen atoms in total. The molecular weight excluding hydrogens is 492 g/mol. The van der Waals surface area contributed by atoms with Crippen LogP contribution in [0.5, 0.6) is 0 Å². The van der Waals surface area contributed by atoms with Gasteiger partial charge < -0.3 is 9.64 Å². The molecule has 1 amide bonds. The lowest BCUT2D eigenvalue weighted by atomic mass is 10.1. The average molecular weight is 519 g/mol. The Labute approximate surface area is 211 Å². The van der Waals surface area contributed by atoms with Crippen LogP contribution in [-0.4, -0.2) is 31.7 Å². The van der Waals surface area contributed by atoms with E-state index in [9.17, 15) is 4.79 Å². The number of nitrogens with zero attached hydrogens (tertiary/aromatic N) is 2. The maximum Gasteiger partial charge on any atom is 0.415 e. The number of hydrogen-bond donors (Lipinski definition) is 0. The first kappa shape index (κ1) is 25.9. The van der Waals surface area contributed by atoms with Gasteiger partial charge in [0.05, 0.1) is 5.88 Å². The van der Waals surface area contributed by atoms with Crippen LogP contribution in [-0.2, 0) is 10.5 Å². The fourth-order valence-corrected chi connectivity index (χ4v) is 5.30. The highest BCUT2D eigenvalue weighted by Crippen LogP contribution is 2.38. The molecule has 0 radical (unpaired) electrons. The molecule has 36 heavy (non-hydrogen) atoms. The fraction of sp³-hybridized carbons (Fsp3) is 0.296. The van der Waals surface area contributed by atoms with Gasteiger partial charge in [-0.15, -0.1) is 11.8 Å². The van der Waals surface area contributed by atoms with Crippen molar-refractivity contribution in [3.05, 3.63) is 84.0 Å². The van der Waals surface area contributed by atoms with Crippen LogP contribution in [0.4, 0.5) is 33.7 Å². The number of anilines is 2. The Bertz CT molecular complexity index is 1230. The topological polar surface area (TPSA) is 32.8 Å². The summed E-state index contributed by atoms with van der Waals surface area (Å²) in [6.45, 7) is 3.79. The van der Waals surface area contributed by atoms with Gasteiger partial charge >= 0.3 is 6.09 Å². The van der Waals surface area contributed by atoms with E-state index in [1.54, 1.807) is 0 Å². The summed E-state index contributed by atoms with van der Waals surface area (Å²) in [5, 5.41) is 2.01. The molecule has 0 N–H and O–H groups in total. The number of fused-ring (bicyclic) bond motifs is 1. The summed E-state index contributed by atoms with van der Waals surface area (Å²) < 4.78 is 65.7. The van der Waals surface area contributed by atoms with E-state index < -0.39 is 40.7 Å². The van der Waals surface area contributed by atoms with Gasteiger partial charge in [0.15, 0.2) is 23.3 Å². The number of piperidine rings is 1. The normalized spacial score (nSPS) is 13.6. The Morgan fingerprint density at radius 3 is 2.33 bits per heavy atom. The zero-order chi connectivity index (χ0) is 25.7. The minimum Gasteiger partial charge on any atom is -0.445 e. The summed E-state index contributed by atoms with van der Waals surface area (Å²) in [4.78, 5) is 14.6. The van der Waals surface area contributed by atoms with Crippen molar-refractivity contribution in [2.75, 3.05) is 35.4 Å². The Morgan fingerprint density at radius 2 is 1.64 bits per heavy atom. The maximum absolute atomic E-state index is 15.3. The van der Waals surface area contributed by atoms with Gasteiger partial charge in [-0.1, -0.05) is 55.1 Å². The van der Waals surface area contributed by atoms with Crippen LogP contribution in [0.2, 0.25) is 0 Å². The van der Waals surface area contributed by atoms with Crippen LogP contribution in [0, 0.1) is 23.3 Å². The molecule has 1 heterocycles. The number of hydrogen-bond acceptors (Lipinski definition) is 4. The third kappa shape index (κ3) is 5.31. The third-order valence-electron chi connectivity index (χ3n) is 6.06. The van der Waals surface area contributed by atoms with Crippen molar-refractivity contribution in [2.45, 2.75) is 25.0 Å². The number of benzene rings is 3. The Kier molecular flexibility index (Phi) is 8.40. The van der Waals surface area contributed by atoms with Crippen LogP contribution >= 0.6 is 11.8 Å². The summed E-state index contributed by atoms with van der Waals surface area (Å²) >= 11 is 1.16. The second-order valence-corrected chi connectivity index (χ2v) is 9.37. The molecule has 1 saturated heterocycles. The second kappa shape index (κ2) is 11.7. The zero-order valence-electron chi connectivity index (χ0n) is 19.6. The molecule has 0 unspecified atom stereocenters. The highest BCUT2D eigenvalue weighted by molar-refractivity contribution is 7.98. The standard InChI is InChI=1S/C27H26F4N2O2S/c1-2-15-35-27(34)33(17-36-16-19-11-8-10-18-9-4-5-12-20(18)19)26-23(30)21(28)25(22(29)24(26)31)32-13-6-3-7-14-32/h2,4-5,8-12H,1,3,6-7,13-17H2. The number of carbonyl (C=O) groups excluding carboxylic acids is 1. The lowest BCUT2D eigenvalue weighted by Gasteiger charge is -2.31. The first-order valence-corrected chi connectivity index (χ1v) is 12.8. The molecule has 0 saturated carbocycles. The maximum atomic E-state index is 15.3. The van der Waals surface area contributed by atoms with E-state index in [0.717, 1.165) is 34.5 Å². The summed E-state index contributed by atoms with van der Waals surface area (Å²) in [7, 11) is 0. The lowest BCUT2D eigenvalue weighted by Crippen LogP contribution is -2.35. The molecule has 0 aliphatic carbocycles. The minimum atomic E-state index is -1.63. The number of rotatable bonds is 8. The molecule has 0 atom stereocenters. The van der Waals surface area contributed by atoms with Crippen molar-refractivity contribution >= 4 is 40.0 Å². The number of carbonyl (C=O) groups is 1. The second-order valence-electron chi connectivity index (χ2n) is 8.41. The lowest BCUT2D eigenvalue weighted by molar-refractivity contribution is 0.166. The zero-order valence-corrected chi connectivity index (χ0v) is 20.4. The average Bonchev–Trinajstić information content (AvgIpc) is 2.90. The van der Waals surface area contributed by atoms with Gasteiger partial charge in [0.1, 0.15) is 18.0 Å². The van der Waals surface area contributed by atoms with Crippen LogP contribution < -0.4 is 9.80 Å². The molecule has 0 aromatic heterocycles. The molecule has 1 fully saturated rings. The van der Waals surface area contributed by atoms with Gasteiger partial charge in [0, 0.05) is 18.8 Å². The smallest absolute Gasteiger partial charge is 0.415 e. The summed E-state index contributed by atoms with van der Waals surface area (Å²) in [5.41, 5.74) is -0.905. The molecule has 9 heteroatoms. The quantitative estimate of drug-likeness (QED) is 0.135. The van der Waals surface area contributed by atoms with E-state index in [1.807, 2.05) is 42.5 Å². The van der Waals surface area contributed by atoms with Crippen molar-refractivity contribution in [1.82, 2.24) is 0 Å². The van der Waals surface area contributed by atoms with Crippen molar-refractivity contribution < 1.29 is 27.1 Å². The molecule has 0 bridgehead atoms. The van der Waals surface area contributed by atoms with Crippen LogP contribution in [0.15, 0.2) is 55.1 Å². The highest BCUT2D eigenvalue weighted by atomic mass is 32.2. The van der Waals surface area contributed by atoms with Gasteiger partial charge in [-0.3, -0.25) is 4.90 Å². The fourth-order valence-electron chi connectivity index (χ4n) is 4.32. The van der Waals surface area contributed by atoms with Gasteiger partial charge in [-0.25, -0.2) is 22.4 Å². The van der Waals surface area contributed by atoms with E-state index in [-0.39, 0.29) is 25.6 Å². The number of amides is 1. The van der Waals surface area contributed by atoms with E-state index in [2.05, 4.69) is 6.58 Å². The highest BCUT2D eigenvalue weighted by Gasteiger charge is 2.34. The molecule has 3 aromatic rings. The van der Waals surface area contributed by atoms with Gasteiger partial charge in [0.2, 0.25) is 0 Å². The molecule has 4 rings (SSSR count). The first-order valence-electron chi connectivity index (χ1n) is 11.6. The van der Waals surface area contributed by atoms with E-state index >= 15 is 17.6 Å². The number of halogens is 4. The summed E-state index contributed by atoms with van der Waals surface area (Å²) in [6, 6.07) is 13.5. The van der Waals surface area contributed by atoms with E-state index in [0.29, 0.717) is 23.5 Å². The van der Waals surface area contributed by atoms with Crippen molar-refractivity contribution in [3.8, 4) is 0 Å². The molecule has 1 aliphatic heterocycles. The molecule has 190 valence electrons. The van der Waals surface area contributed by atoms with Crippen LogP contribution in [0.3, 0.4) is 0 Å². The SMILES string of the molecule is C=CCOC(=O)N(CSCc1cccc2ccccc12)c1c(F)c(F)c(N2CCCCC2)c(F)c1F. The largest absolute Gasteiger partial charge is 0.445 e. The van der Waals surface area contributed by atoms with Crippen molar-refractivity contribution in [2.24, 2.45) is 0 Å². The molecule has 1 aliphatic rings. The van der Waals surface area contributed by atoms with Crippen LogP contribution in [0.1, 0.15) is 24.8 Å². The Morgan fingerprint density at radius 1 is 0.972 bits per heavy atom. The first-order chi connectivity index (χ1) is 17.4. The Hall–Kier alpha value is -3.20. The molecule has 0 spiro atoms. The van der Waals surface area contributed by atoms with Gasteiger partial charge in [-0.2, -0.15) is 0 Å². The van der Waals surface area contributed by atoms with Crippen LogP contribution in [0.25, 0.3) is 10.8 Å².